The molecule has 2 aromatic rings. The summed E-state index contributed by atoms with van der Waals surface area (Å²) in [6.45, 7) is 1.89. The third-order valence-corrected chi connectivity index (χ3v) is 3.99. The molecule has 1 aromatic heterocycles. The highest BCUT2D eigenvalue weighted by molar-refractivity contribution is 6.01. The molecule has 1 N–H and O–H groups in total. The van der Waals surface area contributed by atoms with E-state index < -0.39 is 24.4 Å². The highest BCUT2D eigenvalue weighted by atomic mass is 19.4. The number of halogens is 3. The van der Waals surface area contributed by atoms with Crippen molar-refractivity contribution in [3.63, 3.8) is 0 Å². The first-order valence-corrected chi connectivity index (χ1v) is 7.56. The van der Waals surface area contributed by atoms with Gasteiger partial charge in [0.1, 0.15) is 0 Å². The summed E-state index contributed by atoms with van der Waals surface area (Å²) in [6, 6.07) is 4.88. The zero-order valence-corrected chi connectivity index (χ0v) is 13.2. The van der Waals surface area contributed by atoms with Gasteiger partial charge in [-0.05, 0) is 11.6 Å². The third-order valence-electron chi connectivity index (χ3n) is 3.99. The highest BCUT2D eigenvalue weighted by Crippen LogP contribution is 2.28. The van der Waals surface area contributed by atoms with E-state index in [9.17, 15) is 23.1 Å². The van der Waals surface area contributed by atoms with Crippen molar-refractivity contribution in [2.75, 3.05) is 0 Å². The normalized spacial score (nSPS) is 20.7. The van der Waals surface area contributed by atoms with E-state index in [-0.39, 0.29) is 12.1 Å². The van der Waals surface area contributed by atoms with E-state index in [1.54, 1.807) is 37.4 Å². The molecule has 3 rings (SSSR count). The molecule has 0 amide bonds. The first-order valence-electron chi connectivity index (χ1n) is 7.56. The molecule has 1 heterocycles. The molecule has 1 aliphatic rings. The lowest BCUT2D eigenvalue weighted by molar-refractivity contribution is -0.339. The second kappa shape index (κ2) is 6.36. The van der Waals surface area contributed by atoms with Crippen LogP contribution in [-0.2, 0) is 11.3 Å². The number of carboxylic acids is 1. The average Bonchev–Trinajstić information content (AvgIpc) is 2.92. The Hall–Kier alpha value is -2.61. The van der Waals surface area contributed by atoms with Crippen LogP contribution >= 0.6 is 0 Å². The Bertz CT molecular complexity index is 868. The summed E-state index contributed by atoms with van der Waals surface area (Å²) in [7, 11) is 0. The topological polar surface area (TPSA) is 64.4 Å². The van der Waals surface area contributed by atoms with E-state index in [1.807, 2.05) is 0 Å². The van der Waals surface area contributed by atoms with Gasteiger partial charge in [-0.15, -0.1) is 13.2 Å². The molecule has 2 atom stereocenters. The number of para-hydroxylation sites is 1. The Morgan fingerprint density at radius 2 is 2.16 bits per heavy atom. The summed E-state index contributed by atoms with van der Waals surface area (Å²) in [4.78, 5) is 11.4. The van der Waals surface area contributed by atoms with E-state index >= 15 is 0 Å². The van der Waals surface area contributed by atoms with Gasteiger partial charge in [-0.25, -0.2) is 4.79 Å². The number of alkyl halides is 3. The van der Waals surface area contributed by atoms with Crippen LogP contribution in [0.3, 0.4) is 0 Å². The zero-order chi connectivity index (χ0) is 18.2. The molecular formula is C17H15F3N2O3. The van der Waals surface area contributed by atoms with Crippen LogP contribution in [-0.4, -0.2) is 33.3 Å². The van der Waals surface area contributed by atoms with Gasteiger partial charge in [-0.1, -0.05) is 37.3 Å². The van der Waals surface area contributed by atoms with E-state index in [2.05, 4.69) is 9.84 Å². The van der Waals surface area contributed by atoms with Crippen molar-refractivity contribution in [1.82, 2.24) is 9.78 Å². The fourth-order valence-electron chi connectivity index (χ4n) is 2.90. The van der Waals surface area contributed by atoms with Crippen LogP contribution in [0.2, 0.25) is 0 Å². The van der Waals surface area contributed by atoms with E-state index in [0.29, 0.717) is 10.9 Å². The van der Waals surface area contributed by atoms with Crippen LogP contribution in [0, 0.1) is 5.92 Å². The fourth-order valence-corrected chi connectivity index (χ4v) is 2.90. The molecule has 0 saturated carbocycles. The van der Waals surface area contributed by atoms with Gasteiger partial charge >= 0.3 is 12.3 Å². The number of benzene rings is 1. The van der Waals surface area contributed by atoms with Crippen molar-refractivity contribution in [3.8, 4) is 0 Å². The quantitative estimate of drug-likeness (QED) is 0.910. The minimum absolute atomic E-state index is 0.127. The number of aromatic carboxylic acids is 1. The molecule has 1 aliphatic carbocycles. The average molecular weight is 352 g/mol. The monoisotopic (exact) mass is 352 g/mol. The van der Waals surface area contributed by atoms with E-state index in [1.165, 1.54) is 16.8 Å². The van der Waals surface area contributed by atoms with E-state index in [4.69, 9.17) is 0 Å². The summed E-state index contributed by atoms with van der Waals surface area (Å²) in [5.74, 6) is -1.53. The van der Waals surface area contributed by atoms with Crippen molar-refractivity contribution < 1.29 is 27.8 Å². The van der Waals surface area contributed by atoms with Gasteiger partial charge in [0.15, 0.2) is 0 Å². The molecule has 1 aromatic carbocycles. The predicted octanol–water partition coefficient (Wildman–Crippen LogP) is 3.77. The van der Waals surface area contributed by atoms with Crippen LogP contribution in [0.4, 0.5) is 13.2 Å². The number of fused-ring (bicyclic) bond motifs is 1. The van der Waals surface area contributed by atoms with Crippen molar-refractivity contribution in [3.05, 3.63) is 53.8 Å². The van der Waals surface area contributed by atoms with Crippen LogP contribution in [0.15, 0.2) is 48.2 Å². The van der Waals surface area contributed by atoms with Crippen molar-refractivity contribution in [2.24, 2.45) is 5.92 Å². The molecule has 0 radical (unpaired) electrons. The van der Waals surface area contributed by atoms with Gasteiger partial charge in [0.05, 0.1) is 29.9 Å². The Kier molecular flexibility index (Phi) is 4.38. The maximum atomic E-state index is 12.4. The third kappa shape index (κ3) is 3.74. The lowest BCUT2D eigenvalue weighted by Gasteiger charge is -2.24. The van der Waals surface area contributed by atoms with Crippen LogP contribution in [0.1, 0.15) is 17.3 Å². The lowest BCUT2D eigenvalue weighted by atomic mass is 9.95. The van der Waals surface area contributed by atoms with Crippen molar-refractivity contribution in [1.29, 1.82) is 0 Å². The molecule has 0 bridgehead atoms. The Labute approximate surface area is 141 Å². The Morgan fingerprint density at radius 1 is 1.40 bits per heavy atom. The molecule has 8 heteroatoms. The molecular weight excluding hydrogens is 337 g/mol. The highest BCUT2D eigenvalue weighted by Gasteiger charge is 2.35. The first-order chi connectivity index (χ1) is 11.7. The summed E-state index contributed by atoms with van der Waals surface area (Å²) >= 11 is 0. The van der Waals surface area contributed by atoms with Gasteiger partial charge in [-0.3, -0.25) is 9.42 Å². The standard InChI is InChI=1S/C17H15F3N2O3/c1-10-7-11(5-6-14(10)25-17(18,19)20)9-22-15-12(8-21-22)3-2-4-13(15)16(23)24/h2-8,10,14H,9H2,1H3,(H,23,24). The van der Waals surface area contributed by atoms with E-state index in [0.717, 1.165) is 5.57 Å². The second-order valence-corrected chi connectivity index (χ2v) is 5.84. The van der Waals surface area contributed by atoms with Crippen LogP contribution in [0.5, 0.6) is 0 Å². The predicted molar refractivity (Wildman–Crippen MR) is 84.0 cm³/mol. The van der Waals surface area contributed by atoms with Gasteiger partial charge in [0, 0.05) is 11.3 Å². The number of rotatable bonds is 4. The van der Waals surface area contributed by atoms with Gasteiger partial charge in [-0.2, -0.15) is 5.10 Å². The first kappa shape index (κ1) is 17.2. The lowest BCUT2D eigenvalue weighted by Crippen LogP contribution is -2.28. The molecule has 132 valence electrons. The van der Waals surface area contributed by atoms with Crippen LogP contribution in [0.25, 0.3) is 10.9 Å². The molecule has 0 spiro atoms. The maximum Gasteiger partial charge on any atom is 0.523 e. The smallest absolute Gasteiger partial charge is 0.478 e. The Balaban J connectivity index is 1.85. The molecule has 25 heavy (non-hydrogen) atoms. The second-order valence-electron chi connectivity index (χ2n) is 5.84. The maximum absolute atomic E-state index is 12.4. The van der Waals surface area contributed by atoms with Gasteiger partial charge in [0.2, 0.25) is 0 Å². The fraction of sp³-hybridized carbons (Fsp3) is 0.294. The number of hydrogen-bond donors (Lipinski definition) is 1. The molecule has 0 aliphatic heterocycles. The number of aromatic nitrogens is 2. The summed E-state index contributed by atoms with van der Waals surface area (Å²) in [6.07, 6.45) is 0.377. The number of allylic oxidation sites excluding steroid dienone is 2. The largest absolute Gasteiger partial charge is 0.523 e. The Morgan fingerprint density at radius 3 is 2.80 bits per heavy atom. The van der Waals surface area contributed by atoms with Crippen LogP contribution < -0.4 is 0 Å². The number of ether oxygens (including phenoxy) is 1. The minimum atomic E-state index is -4.69. The summed E-state index contributed by atoms with van der Waals surface area (Å²) < 4.78 is 42.7. The zero-order valence-electron chi connectivity index (χ0n) is 13.2. The van der Waals surface area contributed by atoms with Crippen molar-refractivity contribution >= 4 is 16.9 Å². The number of carbonyl (C=O) groups is 1. The number of nitrogens with zero attached hydrogens (tertiary/aromatic N) is 2. The molecule has 0 fully saturated rings. The van der Waals surface area contributed by atoms with Crippen molar-refractivity contribution in [2.45, 2.75) is 25.9 Å². The summed E-state index contributed by atoms with van der Waals surface area (Å²) in [5.41, 5.74) is 1.34. The van der Waals surface area contributed by atoms with Gasteiger partial charge in [0.25, 0.3) is 0 Å². The molecule has 0 saturated heterocycles. The minimum Gasteiger partial charge on any atom is -0.478 e. The van der Waals surface area contributed by atoms with Gasteiger partial charge < -0.3 is 5.11 Å². The molecule has 2 unspecified atom stereocenters. The summed E-state index contributed by atoms with van der Waals surface area (Å²) in [5, 5.41) is 14.2. The number of hydrogen-bond acceptors (Lipinski definition) is 3. The number of carboxylic acid groups (broad SMARTS) is 1. The molecule has 5 nitrogen and oxygen atoms in total. The SMILES string of the molecule is CC1C=C(Cn2ncc3cccc(C(=O)O)c32)C=CC1OC(F)(F)F.